The second-order valence-corrected chi connectivity index (χ2v) is 3.65. The molecule has 1 aliphatic rings. The molecule has 0 aromatic carbocycles. The van der Waals surface area contributed by atoms with Gasteiger partial charge in [-0.05, 0) is 37.9 Å². The molecular weight excluding hydrogens is 184 g/mol. The molecule has 1 aliphatic carbocycles. The summed E-state index contributed by atoms with van der Waals surface area (Å²) in [5.74, 6) is 6.32. The summed E-state index contributed by atoms with van der Waals surface area (Å²) in [5, 5.41) is 0. The Bertz CT molecular complexity index is 396. The van der Waals surface area contributed by atoms with Crippen LogP contribution < -0.4 is 11.6 Å². The largest absolute Gasteiger partial charge is 0.383 e. The van der Waals surface area contributed by atoms with E-state index in [1.54, 1.807) is 0 Å². The predicted octanol–water partition coefficient (Wildman–Crippen LogP) is 0.787. The molecule has 4 N–H and O–H groups in total. The summed E-state index contributed by atoms with van der Waals surface area (Å²) in [7, 11) is 0. The van der Waals surface area contributed by atoms with Crippen molar-refractivity contribution >= 4 is 18.0 Å². The number of fused-ring (bicyclic) bond motifs is 1. The molecule has 0 saturated heterocycles. The molecule has 1 heterocycles. The fourth-order valence-corrected chi connectivity index (χ4v) is 1.98. The lowest BCUT2D eigenvalue weighted by atomic mass is 9.96. The van der Waals surface area contributed by atoms with Crippen molar-refractivity contribution in [2.24, 2.45) is 0 Å². The lowest BCUT2D eigenvalue weighted by molar-refractivity contribution is 0.633. The molecule has 0 spiro atoms. The molecule has 0 amide bonds. The minimum atomic E-state index is 0.373. The van der Waals surface area contributed by atoms with Crippen LogP contribution in [-0.2, 0) is 12.8 Å². The van der Waals surface area contributed by atoms with Crippen LogP contribution in [0.2, 0.25) is 0 Å². The van der Waals surface area contributed by atoms with Gasteiger partial charge in [0, 0.05) is 11.3 Å². The van der Waals surface area contributed by atoms with E-state index in [1.165, 1.54) is 4.68 Å². The van der Waals surface area contributed by atoms with Crippen molar-refractivity contribution < 1.29 is 0 Å². The van der Waals surface area contributed by atoms with E-state index in [0.29, 0.717) is 10.6 Å². The highest BCUT2D eigenvalue weighted by Gasteiger charge is 2.16. The topological polar surface area (TPSA) is 69.9 Å². The summed E-state index contributed by atoms with van der Waals surface area (Å²) in [6.07, 6.45) is 4.25. The molecule has 0 bridgehead atoms. The first-order valence-electron chi connectivity index (χ1n) is 4.35. The first-order valence-corrected chi connectivity index (χ1v) is 4.76. The van der Waals surface area contributed by atoms with Crippen LogP contribution in [0.4, 0.5) is 5.82 Å². The van der Waals surface area contributed by atoms with Crippen molar-refractivity contribution in [1.82, 2.24) is 9.66 Å². The van der Waals surface area contributed by atoms with Crippen molar-refractivity contribution in [3.8, 4) is 0 Å². The van der Waals surface area contributed by atoms with Crippen molar-refractivity contribution in [2.75, 3.05) is 11.6 Å². The van der Waals surface area contributed by atoms with E-state index in [2.05, 4.69) is 4.98 Å². The maximum absolute atomic E-state index is 5.77. The van der Waals surface area contributed by atoms with Gasteiger partial charge in [-0.15, -0.1) is 0 Å². The van der Waals surface area contributed by atoms with E-state index in [9.17, 15) is 0 Å². The molecule has 0 radical (unpaired) electrons. The van der Waals surface area contributed by atoms with Crippen molar-refractivity contribution in [2.45, 2.75) is 25.7 Å². The zero-order valence-corrected chi connectivity index (χ0v) is 8.10. The van der Waals surface area contributed by atoms with E-state index < -0.39 is 0 Å². The molecular formula is C8H12N4S. The molecule has 0 saturated carbocycles. The molecule has 70 valence electrons. The Balaban J connectivity index is 2.70. The molecule has 13 heavy (non-hydrogen) atoms. The predicted molar refractivity (Wildman–Crippen MR) is 54.3 cm³/mol. The average Bonchev–Trinajstić information content (AvgIpc) is 2.15. The van der Waals surface area contributed by atoms with Gasteiger partial charge in [0.2, 0.25) is 4.77 Å². The average molecular weight is 196 g/mol. The van der Waals surface area contributed by atoms with Crippen LogP contribution in [0.5, 0.6) is 0 Å². The van der Waals surface area contributed by atoms with Crippen LogP contribution in [0.15, 0.2) is 0 Å². The third-order valence-corrected chi connectivity index (χ3v) is 2.75. The van der Waals surface area contributed by atoms with Crippen LogP contribution in [0.1, 0.15) is 24.1 Å². The molecule has 4 nitrogen and oxygen atoms in total. The molecule has 1 aromatic rings. The molecule has 0 unspecified atom stereocenters. The Morgan fingerprint density at radius 2 is 2.00 bits per heavy atom. The number of nitrogens with two attached hydrogens (primary N) is 2. The zero-order valence-electron chi connectivity index (χ0n) is 7.29. The lowest BCUT2D eigenvalue weighted by Gasteiger charge is -2.19. The fourth-order valence-electron chi connectivity index (χ4n) is 1.77. The Morgan fingerprint density at radius 3 is 2.77 bits per heavy atom. The fraction of sp³-hybridized carbons (Fsp3) is 0.500. The van der Waals surface area contributed by atoms with Gasteiger partial charge in [-0.2, -0.15) is 0 Å². The maximum atomic E-state index is 5.77. The normalized spacial score (nSPS) is 15.4. The van der Waals surface area contributed by atoms with E-state index in [1.807, 2.05) is 0 Å². The van der Waals surface area contributed by atoms with Gasteiger partial charge >= 0.3 is 0 Å². The highest BCUT2D eigenvalue weighted by molar-refractivity contribution is 7.71. The SMILES string of the molecule is Nc1nc(=S)n(N)c2c1CCCC2. The number of hydrogen-bond acceptors (Lipinski definition) is 4. The van der Waals surface area contributed by atoms with Gasteiger partial charge in [0.05, 0.1) is 0 Å². The maximum Gasteiger partial charge on any atom is 0.220 e. The van der Waals surface area contributed by atoms with Gasteiger partial charge in [0.15, 0.2) is 0 Å². The molecule has 1 aromatic heterocycles. The van der Waals surface area contributed by atoms with Gasteiger partial charge in [-0.25, -0.2) is 9.66 Å². The van der Waals surface area contributed by atoms with Crippen molar-refractivity contribution in [1.29, 1.82) is 0 Å². The highest BCUT2D eigenvalue weighted by Crippen LogP contribution is 2.23. The van der Waals surface area contributed by atoms with Crippen LogP contribution in [0.3, 0.4) is 0 Å². The van der Waals surface area contributed by atoms with Gasteiger partial charge in [-0.3, -0.25) is 0 Å². The molecule has 2 rings (SSSR count). The summed E-state index contributed by atoms with van der Waals surface area (Å²) in [5.41, 5.74) is 7.91. The number of rotatable bonds is 0. The molecule has 0 fully saturated rings. The summed E-state index contributed by atoms with van der Waals surface area (Å²) in [6.45, 7) is 0. The number of aromatic nitrogens is 2. The molecule has 0 aliphatic heterocycles. The molecule has 0 atom stereocenters. The van der Waals surface area contributed by atoms with Gasteiger partial charge in [0.25, 0.3) is 0 Å². The first-order chi connectivity index (χ1) is 6.20. The Morgan fingerprint density at radius 1 is 1.31 bits per heavy atom. The number of anilines is 1. The lowest BCUT2D eigenvalue weighted by Crippen LogP contribution is -2.23. The van der Waals surface area contributed by atoms with Crippen molar-refractivity contribution in [3.05, 3.63) is 16.0 Å². The minimum absolute atomic E-state index is 0.373. The standard InChI is InChI=1S/C8H12N4S/c9-7-5-3-1-2-4-6(5)12(10)8(13)11-7/h1-4,10H2,(H2,9,11,13). The first kappa shape index (κ1) is 8.50. The van der Waals surface area contributed by atoms with Crippen LogP contribution in [0.25, 0.3) is 0 Å². The van der Waals surface area contributed by atoms with Crippen LogP contribution in [0, 0.1) is 4.77 Å². The number of nitrogen functional groups attached to an aromatic ring is 2. The summed E-state index contributed by atoms with van der Waals surface area (Å²) in [4.78, 5) is 4.02. The van der Waals surface area contributed by atoms with E-state index in [0.717, 1.165) is 36.9 Å². The Labute approximate surface area is 81.5 Å². The zero-order chi connectivity index (χ0) is 9.42. The van der Waals surface area contributed by atoms with E-state index in [4.69, 9.17) is 23.8 Å². The monoisotopic (exact) mass is 196 g/mol. The quantitative estimate of drug-likeness (QED) is 0.475. The summed E-state index contributed by atoms with van der Waals surface area (Å²) < 4.78 is 1.86. The van der Waals surface area contributed by atoms with Gasteiger partial charge in [-0.1, -0.05) is 0 Å². The van der Waals surface area contributed by atoms with E-state index >= 15 is 0 Å². The summed E-state index contributed by atoms with van der Waals surface area (Å²) in [6, 6.07) is 0. The Kier molecular flexibility index (Phi) is 1.95. The van der Waals surface area contributed by atoms with Gasteiger partial charge in [0.1, 0.15) is 5.82 Å². The second-order valence-electron chi connectivity index (χ2n) is 3.28. The Hall–Kier alpha value is -1.10. The second kappa shape index (κ2) is 2.99. The molecule has 5 heteroatoms. The van der Waals surface area contributed by atoms with Crippen LogP contribution in [-0.4, -0.2) is 9.66 Å². The number of nitrogens with zero attached hydrogens (tertiary/aromatic N) is 2. The highest BCUT2D eigenvalue weighted by atomic mass is 32.1. The smallest absolute Gasteiger partial charge is 0.220 e. The summed E-state index contributed by atoms with van der Waals surface area (Å²) >= 11 is 4.97. The third kappa shape index (κ3) is 1.29. The van der Waals surface area contributed by atoms with E-state index in [-0.39, 0.29) is 0 Å². The van der Waals surface area contributed by atoms with Crippen LogP contribution >= 0.6 is 12.2 Å². The minimum Gasteiger partial charge on any atom is -0.383 e. The van der Waals surface area contributed by atoms with Crippen molar-refractivity contribution in [3.63, 3.8) is 0 Å². The third-order valence-electron chi connectivity index (χ3n) is 2.46. The number of hydrogen-bond donors (Lipinski definition) is 2. The van der Waals surface area contributed by atoms with Gasteiger partial charge < -0.3 is 11.6 Å².